The summed E-state index contributed by atoms with van der Waals surface area (Å²) in [5, 5.41) is 5.05. The second-order valence-electron chi connectivity index (χ2n) is 7.53. The monoisotopic (exact) mass is 441 g/mol. The van der Waals surface area contributed by atoms with Crippen LogP contribution in [0.4, 0.5) is 0 Å². The number of fused-ring (bicyclic) bond motifs is 1. The van der Waals surface area contributed by atoms with Crippen molar-refractivity contribution in [3.63, 3.8) is 0 Å². The van der Waals surface area contributed by atoms with Crippen LogP contribution in [-0.2, 0) is 6.54 Å². The smallest absolute Gasteiger partial charge is 0.267 e. The molecule has 166 valence electrons. The van der Waals surface area contributed by atoms with Crippen molar-refractivity contribution in [2.75, 3.05) is 0 Å². The number of carbonyl (C=O) groups excluding carboxylic acids is 2. The van der Waals surface area contributed by atoms with Crippen LogP contribution < -0.4 is 16.4 Å². The summed E-state index contributed by atoms with van der Waals surface area (Å²) in [5.74, 6) is -1.12. The van der Waals surface area contributed by atoms with Crippen molar-refractivity contribution in [3.05, 3.63) is 94.0 Å². The first-order valence-electron chi connectivity index (χ1n) is 10.6. The first-order chi connectivity index (χ1) is 16.0. The molecule has 2 aromatic heterocycles. The highest BCUT2D eigenvalue weighted by molar-refractivity contribution is 6.06. The van der Waals surface area contributed by atoms with Gasteiger partial charge in [-0.2, -0.15) is 5.10 Å². The van der Waals surface area contributed by atoms with E-state index in [0.29, 0.717) is 35.0 Å². The van der Waals surface area contributed by atoms with E-state index in [0.717, 1.165) is 11.3 Å². The molecule has 2 aromatic carbocycles. The molecule has 0 fully saturated rings. The van der Waals surface area contributed by atoms with Crippen molar-refractivity contribution in [3.8, 4) is 11.3 Å². The average Bonchev–Trinajstić information content (AvgIpc) is 2.84. The highest BCUT2D eigenvalue weighted by atomic mass is 16.2. The third-order valence-electron chi connectivity index (χ3n) is 5.21. The minimum absolute atomic E-state index is 0.0632. The number of rotatable bonds is 5. The summed E-state index contributed by atoms with van der Waals surface area (Å²) in [5.41, 5.74) is 7.20. The summed E-state index contributed by atoms with van der Waals surface area (Å²) in [4.78, 5) is 42.7. The molecular formula is C25H23N5O3. The van der Waals surface area contributed by atoms with Gasteiger partial charge in [-0.3, -0.25) is 30.2 Å². The maximum Gasteiger partial charge on any atom is 0.290 e. The Labute approximate surface area is 190 Å². The molecule has 2 heterocycles. The average molecular weight is 441 g/mol. The Morgan fingerprint density at radius 1 is 0.879 bits per heavy atom. The number of hydrogen-bond acceptors (Lipinski definition) is 5. The molecule has 0 saturated heterocycles. The van der Waals surface area contributed by atoms with Gasteiger partial charge in [0.2, 0.25) is 0 Å². The number of carbonyl (C=O) groups is 2. The number of amides is 2. The van der Waals surface area contributed by atoms with Gasteiger partial charge in [0, 0.05) is 17.5 Å². The molecule has 2 amide bonds. The van der Waals surface area contributed by atoms with Gasteiger partial charge in [0.15, 0.2) is 5.69 Å². The molecule has 0 bridgehead atoms. The third-order valence-corrected chi connectivity index (χ3v) is 5.21. The Kier molecular flexibility index (Phi) is 6.26. The van der Waals surface area contributed by atoms with E-state index in [1.807, 2.05) is 37.3 Å². The van der Waals surface area contributed by atoms with Crippen LogP contribution in [0.15, 0.2) is 71.5 Å². The molecule has 0 aliphatic carbocycles. The lowest BCUT2D eigenvalue weighted by Gasteiger charge is -2.12. The number of nitrogens with zero attached hydrogens (tertiary/aromatic N) is 3. The van der Waals surface area contributed by atoms with Crippen molar-refractivity contribution < 1.29 is 9.59 Å². The van der Waals surface area contributed by atoms with Crippen molar-refractivity contribution >= 4 is 22.6 Å². The van der Waals surface area contributed by atoms with Gasteiger partial charge in [-0.1, -0.05) is 55.5 Å². The maximum absolute atomic E-state index is 12.9. The van der Waals surface area contributed by atoms with Crippen molar-refractivity contribution in [1.29, 1.82) is 0 Å². The molecule has 8 heteroatoms. The Balaban J connectivity index is 1.55. The quantitative estimate of drug-likeness (QED) is 0.463. The van der Waals surface area contributed by atoms with Gasteiger partial charge < -0.3 is 0 Å². The largest absolute Gasteiger partial charge is 0.290 e. The number of hydrogen-bond donors (Lipinski definition) is 2. The van der Waals surface area contributed by atoms with E-state index in [9.17, 15) is 14.4 Å². The number of benzene rings is 2. The zero-order valence-electron chi connectivity index (χ0n) is 18.3. The lowest BCUT2D eigenvalue weighted by atomic mass is 10.1. The van der Waals surface area contributed by atoms with Gasteiger partial charge in [-0.25, -0.2) is 4.68 Å². The van der Waals surface area contributed by atoms with E-state index in [2.05, 4.69) is 20.9 Å². The molecule has 4 rings (SSSR count). The SMILES string of the molecule is CCCn1nc(C(=O)NNC(=O)c2ccc(-c3ccccc3)nc2C)c2ccccc2c1=O. The van der Waals surface area contributed by atoms with Gasteiger partial charge >= 0.3 is 0 Å². The van der Waals surface area contributed by atoms with Crippen LogP contribution in [-0.4, -0.2) is 26.6 Å². The molecule has 0 aliphatic heterocycles. The molecular weight excluding hydrogens is 418 g/mol. The summed E-state index contributed by atoms with van der Waals surface area (Å²) >= 11 is 0. The topological polar surface area (TPSA) is 106 Å². The molecule has 0 atom stereocenters. The van der Waals surface area contributed by atoms with Gasteiger partial charge in [0.1, 0.15) is 0 Å². The number of aromatic nitrogens is 3. The summed E-state index contributed by atoms with van der Waals surface area (Å²) in [7, 11) is 0. The molecule has 0 radical (unpaired) electrons. The molecule has 0 spiro atoms. The van der Waals surface area contributed by atoms with Crippen LogP contribution in [0.1, 0.15) is 39.9 Å². The van der Waals surface area contributed by atoms with Gasteiger partial charge in [-0.15, -0.1) is 0 Å². The Morgan fingerprint density at radius 2 is 1.55 bits per heavy atom. The molecule has 4 aromatic rings. The highest BCUT2D eigenvalue weighted by Crippen LogP contribution is 2.18. The maximum atomic E-state index is 12.9. The first-order valence-corrected chi connectivity index (χ1v) is 10.6. The Hall–Kier alpha value is -4.33. The fourth-order valence-electron chi connectivity index (χ4n) is 3.58. The summed E-state index contributed by atoms with van der Waals surface area (Å²) in [6, 6.07) is 19.9. The Morgan fingerprint density at radius 3 is 2.24 bits per heavy atom. The van der Waals surface area contributed by atoms with Crippen LogP contribution in [0.2, 0.25) is 0 Å². The molecule has 8 nitrogen and oxygen atoms in total. The second-order valence-corrected chi connectivity index (χ2v) is 7.53. The highest BCUT2D eigenvalue weighted by Gasteiger charge is 2.18. The summed E-state index contributed by atoms with van der Waals surface area (Å²) in [6.45, 7) is 4.04. The third kappa shape index (κ3) is 4.50. The number of hydrazine groups is 1. The summed E-state index contributed by atoms with van der Waals surface area (Å²) in [6.07, 6.45) is 0.689. The van der Waals surface area contributed by atoms with Crippen molar-refractivity contribution in [2.24, 2.45) is 0 Å². The van der Waals surface area contributed by atoms with E-state index < -0.39 is 11.8 Å². The minimum atomic E-state index is -0.615. The summed E-state index contributed by atoms with van der Waals surface area (Å²) < 4.78 is 1.27. The van der Waals surface area contributed by atoms with Crippen LogP contribution in [0.25, 0.3) is 22.0 Å². The predicted molar refractivity (Wildman–Crippen MR) is 126 cm³/mol. The molecule has 0 aliphatic rings. The lowest BCUT2D eigenvalue weighted by molar-refractivity contribution is 0.0843. The van der Waals surface area contributed by atoms with Crippen LogP contribution in [0.5, 0.6) is 0 Å². The van der Waals surface area contributed by atoms with Gasteiger partial charge in [-0.05, 0) is 31.5 Å². The zero-order chi connectivity index (χ0) is 23.4. The Bertz CT molecular complexity index is 1400. The van der Waals surface area contributed by atoms with Crippen molar-refractivity contribution in [1.82, 2.24) is 25.6 Å². The second kappa shape index (κ2) is 9.44. The van der Waals surface area contributed by atoms with Crippen molar-refractivity contribution in [2.45, 2.75) is 26.8 Å². The number of pyridine rings is 1. The fourth-order valence-corrected chi connectivity index (χ4v) is 3.58. The van der Waals surface area contributed by atoms with Crippen LogP contribution >= 0.6 is 0 Å². The van der Waals surface area contributed by atoms with Gasteiger partial charge in [0.25, 0.3) is 17.4 Å². The number of nitrogens with one attached hydrogen (secondary N) is 2. The van der Waals surface area contributed by atoms with Gasteiger partial charge in [0.05, 0.1) is 22.3 Å². The fraction of sp³-hybridized carbons (Fsp3) is 0.160. The van der Waals surface area contributed by atoms with Crippen LogP contribution in [0, 0.1) is 6.92 Å². The number of aryl methyl sites for hydroxylation is 2. The normalized spacial score (nSPS) is 10.7. The molecule has 0 saturated carbocycles. The molecule has 33 heavy (non-hydrogen) atoms. The first kappa shape index (κ1) is 21.9. The van der Waals surface area contributed by atoms with E-state index >= 15 is 0 Å². The van der Waals surface area contributed by atoms with E-state index in [4.69, 9.17) is 0 Å². The standard InChI is InChI=1S/C25H23N5O3/c1-3-15-30-25(33)20-12-8-7-11-19(20)22(29-30)24(32)28-27-23(31)18-13-14-21(26-16(18)2)17-9-5-4-6-10-17/h4-14H,3,15H2,1-2H3,(H,27,31)(H,28,32). The van der Waals surface area contributed by atoms with E-state index in [-0.39, 0.29) is 11.3 Å². The van der Waals surface area contributed by atoms with E-state index in [1.54, 1.807) is 43.3 Å². The molecule has 0 unspecified atom stereocenters. The van der Waals surface area contributed by atoms with E-state index in [1.165, 1.54) is 4.68 Å². The zero-order valence-corrected chi connectivity index (χ0v) is 18.3. The molecule has 2 N–H and O–H groups in total. The minimum Gasteiger partial charge on any atom is -0.267 e. The predicted octanol–water partition coefficient (Wildman–Crippen LogP) is 3.25. The van der Waals surface area contributed by atoms with Crippen LogP contribution in [0.3, 0.4) is 0 Å². The lowest BCUT2D eigenvalue weighted by Crippen LogP contribution is -2.43.